The van der Waals surface area contributed by atoms with Crippen LogP contribution in [0.2, 0.25) is 0 Å². The summed E-state index contributed by atoms with van der Waals surface area (Å²) in [6.07, 6.45) is 0.398. The molecule has 0 saturated heterocycles. The van der Waals surface area contributed by atoms with Crippen molar-refractivity contribution in [3.63, 3.8) is 0 Å². The molecule has 28 heavy (non-hydrogen) atoms. The van der Waals surface area contributed by atoms with Gasteiger partial charge in [0.15, 0.2) is 5.17 Å². The number of nitrogens with one attached hydrogen (secondary N) is 1. The highest BCUT2D eigenvalue weighted by Crippen LogP contribution is 2.44. The number of amides is 1. The molecule has 3 rings (SSSR count). The highest BCUT2D eigenvalue weighted by Gasteiger charge is 2.36. The predicted molar refractivity (Wildman–Crippen MR) is 112 cm³/mol. The van der Waals surface area contributed by atoms with Gasteiger partial charge in [-0.05, 0) is 54.7 Å². The van der Waals surface area contributed by atoms with Crippen molar-refractivity contribution in [3.8, 4) is 0 Å². The van der Waals surface area contributed by atoms with Gasteiger partial charge >= 0.3 is 0 Å². The molecule has 1 aliphatic heterocycles. The van der Waals surface area contributed by atoms with Gasteiger partial charge in [-0.1, -0.05) is 30.0 Å². The molecular weight excluding hydrogens is 377 g/mol. The third kappa shape index (κ3) is 4.26. The second-order valence-corrected chi connectivity index (χ2v) is 7.97. The molecule has 1 heterocycles. The molecule has 0 bridgehead atoms. The van der Waals surface area contributed by atoms with Crippen LogP contribution < -0.4 is 11.1 Å². The van der Waals surface area contributed by atoms with E-state index < -0.39 is 11.4 Å². The lowest BCUT2D eigenvalue weighted by molar-refractivity contribution is 0.0977. The van der Waals surface area contributed by atoms with Gasteiger partial charge in [-0.15, -0.1) is 0 Å². The Labute approximate surface area is 167 Å². The second kappa shape index (κ2) is 8.16. The zero-order valence-corrected chi connectivity index (χ0v) is 16.5. The first-order valence-corrected chi connectivity index (χ1v) is 9.63. The predicted octanol–water partition coefficient (Wildman–Crippen LogP) is 3.81. The van der Waals surface area contributed by atoms with Gasteiger partial charge in [-0.2, -0.15) is 0 Å². The minimum absolute atomic E-state index is 0.127. The van der Waals surface area contributed by atoms with Gasteiger partial charge in [0.2, 0.25) is 0 Å². The molecule has 0 radical (unpaired) electrons. The number of aliphatic hydroxyl groups excluding tert-OH is 1. The fourth-order valence-electron chi connectivity index (χ4n) is 3.00. The summed E-state index contributed by atoms with van der Waals surface area (Å²) in [7, 11) is 0. The maximum absolute atomic E-state index is 14.6. The van der Waals surface area contributed by atoms with Crippen LogP contribution in [0.25, 0.3) is 0 Å². The number of aliphatic imine (C=N–C) groups is 1. The maximum Gasteiger partial charge on any atom is 0.257 e. The monoisotopic (exact) mass is 399 g/mol. The van der Waals surface area contributed by atoms with Crippen molar-refractivity contribution in [1.29, 1.82) is 0 Å². The molecule has 1 aliphatic rings. The first-order chi connectivity index (χ1) is 13.3. The van der Waals surface area contributed by atoms with Crippen molar-refractivity contribution in [2.75, 3.05) is 12.3 Å². The molecule has 146 valence electrons. The van der Waals surface area contributed by atoms with Crippen molar-refractivity contribution in [1.82, 2.24) is 5.32 Å². The number of hydrogen-bond acceptors (Lipinski definition) is 5. The van der Waals surface area contributed by atoms with Gasteiger partial charge in [-0.3, -0.25) is 9.79 Å². The van der Waals surface area contributed by atoms with E-state index in [0.29, 0.717) is 28.4 Å². The number of halogens is 1. The average Bonchev–Trinajstić information content (AvgIpc) is 2.69. The van der Waals surface area contributed by atoms with Gasteiger partial charge in [0.05, 0.1) is 12.1 Å². The number of carbonyl (C=O) groups excluding carboxylic acids is 1. The molecule has 0 fully saturated rings. The number of amidine groups is 1. The molecule has 1 atom stereocenters. The Kier molecular flexibility index (Phi) is 5.86. The van der Waals surface area contributed by atoms with Crippen LogP contribution in [0.3, 0.4) is 0 Å². The summed E-state index contributed by atoms with van der Waals surface area (Å²) in [6.45, 7) is 3.47. The first kappa shape index (κ1) is 20.1. The lowest BCUT2D eigenvalue weighted by atomic mass is 9.87. The van der Waals surface area contributed by atoms with Gasteiger partial charge in [0.25, 0.3) is 5.91 Å². The fraction of sp³-hybridized carbons (Fsp3) is 0.238. The number of nitrogens with zero attached hydrogens (tertiary/aromatic N) is 1. The summed E-state index contributed by atoms with van der Waals surface area (Å²) in [5.41, 5.74) is 6.94. The van der Waals surface area contributed by atoms with E-state index in [9.17, 15) is 14.3 Å². The van der Waals surface area contributed by atoms with E-state index in [2.05, 4.69) is 10.3 Å². The van der Waals surface area contributed by atoms with E-state index >= 15 is 0 Å². The number of anilines is 1. The van der Waals surface area contributed by atoms with E-state index in [4.69, 9.17) is 5.73 Å². The highest BCUT2D eigenvalue weighted by molar-refractivity contribution is 8.17. The molecule has 2 aromatic rings. The van der Waals surface area contributed by atoms with E-state index in [0.717, 1.165) is 10.5 Å². The highest BCUT2D eigenvalue weighted by atomic mass is 32.2. The Morgan fingerprint density at radius 2 is 2.04 bits per heavy atom. The largest absolute Gasteiger partial charge is 0.399 e. The smallest absolute Gasteiger partial charge is 0.257 e. The van der Waals surface area contributed by atoms with Gasteiger partial charge < -0.3 is 16.2 Å². The third-order valence-corrected chi connectivity index (χ3v) is 5.74. The molecule has 0 unspecified atom stereocenters. The summed E-state index contributed by atoms with van der Waals surface area (Å²) in [4.78, 5) is 18.1. The van der Waals surface area contributed by atoms with Crippen LogP contribution in [-0.4, -0.2) is 22.8 Å². The Morgan fingerprint density at radius 1 is 1.32 bits per heavy atom. The van der Waals surface area contributed by atoms with Gasteiger partial charge in [-0.25, -0.2) is 4.39 Å². The summed E-state index contributed by atoms with van der Waals surface area (Å²) in [5.74, 6) is -0.716. The topological polar surface area (TPSA) is 87.7 Å². The average molecular weight is 399 g/mol. The van der Waals surface area contributed by atoms with Crippen LogP contribution in [-0.2, 0) is 5.54 Å². The van der Waals surface area contributed by atoms with Gasteiger partial charge in [0, 0.05) is 23.2 Å². The molecule has 1 amide bonds. The number of aliphatic hydroxyl groups is 1. The van der Waals surface area contributed by atoms with Crippen LogP contribution in [0.15, 0.2) is 64.0 Å². The molecule has 0 aromatic heterocycles. The van der Waals surface area contributed by atoms with E-state index in [1.165, 1.54) is 23.9 Å². The minimum atomic E-state index is -0.963. The number of nitrogens with two attached hydrogens (primary N) is 1. The summed E-state index contributed by atoms with van der Waals surface area (Å²) < 4.78 is 14.6. The molecule has 2 aromatic carbocycles. The molecule has 0 aliphatic carbocycles. The van der Waals surface area contributed by atoms with Crippen LogP contribution >= 0.6 is 11.8 Å². The maximum atomic E-state index is 14.6. The van der Waals surface area contributed by atoms with Crippen LogP contribution in [0.4, 0.5) is 10.1 Å². The lowest BCUT2D eigenvalue weighted by Crippen LogP contribution is -2.35. The van der Waals surface area contributed by atoms with Gasteiger partial charge in [0.1, 0.15) is 5.82 Å². The zero-order valence-electron chi connectivity index (χ0n) is 15.7. The Morgan fingerprint density at radius 3 is 2.71 bits per heavy atom. The number of carbonyl (C=O) groups is 1. The molecule has 0 spiro atoms. The molecule has 7 heteroatoms. The lowest BCUT2D eigenvalue weighted by Gasteiger charge is -2.33. The number of hydrogen-bond donors (Lipinski definition) is 3. The molecule has 4 N–H and O–H groups in total. The van der Waals surface area contributed by atoms with Crippen molar-refractivity contribution < 1.29 is 14.3 Å². The third-order valence-electron chi connectivity index (χ3n) is 4.61. The van der Waals surface area contributed by atoms with E-state index in [1.54, 1.807) is 44.2 Å². The molecule has 5 nitrogen and oxygen atoms in total. The summed E-state index contributed by atoms with van der Waals surface area (Å²) in [5, 5.41) is 12.7. The number of nitrogen functional groups attached to an aromatic ring is 1. The SMILES string of the molecule is C/C(CO)=C1\C[C@@](C)(c2cc(N)ccc2F)N=C(NC(=O)c2ccccc2)S1. The van der Waals surface area contributed by atoms with Crippen molar-refractivity contribution in [2.24, 2.45) is 4.99 Å². The number of rotatable bonds is 3. The van der Waals surface area contributed by atoms with Crippen molar-refractivity contribution >= 4 is 28.5 Å². The molecular formula is C21H22FN3O2S. The first-order valence-electron chi connectivity index (χ1n) is 8.81. The summed E-state index contributed by atoms with van der Waals surface area (Å²) in [6, 6.07) is 13.2. The quantitative estimate of drug-likeness (QED) is 0.685. The normalized spacial score (nSPS) is 21.1. The Balaban J connectivity index is 2.02. The van der Waals surface area contributed by atoms with Crippen LogP contribution in [0, 0.1) is 5.82 Å². The Bertz CT molecular complexity index is 959. The Hall–Kier alpha value is -2.64. The van der Waals surface area contributed by atoms with Crippen molar-refractivity contribution in [2.45, 2.75) is 25.8 Å². The zero-order chi connectivity index (χ0) is 20.3. The van der Waals surface area contributed by atoms with Crippen LogP contribution in [0.5, 0.6) is 0 Å². The fourth-order valence-corrected chi connectivity index (χ4v) is 4.22. The van der Waals surface area contributed by atoms with E-state index in [-0.39, 0.29) is 12.5 Å². The number of benzene rings is 2. The van der Waals surface area contributed by atoms with E-state index in [1.807, 2.05) is 6.07 Å². The van der Waals surface area contributed by atoms with Crippen LogP contribution in [0.1, 0.15) is 36.2 Å². The number of thioether (sulfide) groups is 1. The standard InChI is InChI=1S/C21H22FN3O2S/c1-13(12-26)18-11-21(2,16-10-15(23)8-9-17(16)22)25-20(28-18)24-19(27)14-6-4-3-5-7-14/h3-10,26H,11-12,23H2,1-2H3,(H,24,25,27)/b18-13-/t21-/m0/s1. The minimum Gasteiger partial charge on any atom is -0.399 e. The molecule has 0 saturated carbocycles. The van der Waals surface area contributed by atoms with Crippen molar-refractivity contribution in [3.05, 3.63) is 76.0 Å². The second-order valence-electron chi connectivity index (χ2n) is 6.89. The summed E-state index contributed by atoms with van der Waals surface area (Å²) >= 11 is 1.28.